The monoisotopic (exact) mass is 604 g/mol. The van der Waals surface area contributed by atoms with E-state index in [4.69, 9.17) is 14.2 Å². The van der Waals surface area contributed by atoms with Gasteiger partial charge in [0.1, 0.15) is 5.60 Å². The molecular formula is C33H36N2O9. The van der Waals surface area contributed by atoms with E-state index >= 15 is 0 Å². The van der Waals surface area contributed by atoms with Gasteiger partial charge >= 0.3 is 18.0 Å². The normalized spacial score (nSPS) is 12.5. The van der Waals surface area contributed by atoms with Crippen LogP contribution in [0, 0.1) is 11.8 Å². The summed E-state index contributed by atoms with van der Waals surface area (Å²) in [6.07, 6.45) is -0.956. The van der Waals surface area contributed by atoms with Crippen LogP contribution in [0.5, 0.6) is 0 Å². The minimum absolute atomic E-state index is 0.115. The van der Waals surface area contributed by atoms with Gasteiger partial charge in [-0.2, -0.15) is 0 Å². The van der Waals surface area contributed by atoms with Gasteiger partial charge in [-0.05, 0) is 65.3 Å². The molecule has 3 amide bonds. The van der Waals surface area contributed by atoms with Gasteiger partial charge in [-0.15, -0.1) is 0 Å². The zero-order valence-electron chi connectivity index (χ0n) is 25.5. The van der Waals surface area contributed by atoms with E-state index in [0.717, 1.165) is 0 Å². The second-order valence-corrected chi connectivity index (χ2v) is 10.9. The Kier molecular flexibility index (Phi) is 11.0. The molecule has 0 fully saturated rings. The van der Waals surface area contributed by atoms with Crippen molar-refractivity contribution in [1.29, 1.82) is 0 Å². The summed E-state index contributed by atoms with van der Waals surface area (Å²) in [5.74, 6) is 2.40. The number of alkyl carbamates (subject to hydrolysis) is 1. The Morgan fingerprint density at radius 2 is 1.39 bits per heavy atom. The Hall–Kier alpha value is -4.98. The fraction of sp³-hybridized carbons (Fsp3) is 0.394. The highest BCUT2D eigenvalue weighted by atomic mass is 16.6. The molecule has 2 aromatic rings. The SMILES string of the molecule is CCOC(=O)C(CC(=O)c1ccc(C#CCCCN2C(=O)c3ccccc3C2=O)cc1)(NC(=O)OC(C)(C)C)C(=O)OCC. The van der Waals surface area contributed by atoms with Crippen LogP contribution in [0.4, 0.5) is 4.79 Å². The number of ether oxygens (including phenoxy) is 3. The Morgan fingerprint density at radius 1 is 0.841 bits per heavy atom. The predicted octanol–water partition coefficient (Wildman–Crippen LogP) is 4.08. The number of hydrogen-bond donors (Lipinski definition) is 1. The summed E-state index contributed by atoms with van der Waals surface area (Å²) in [4.78, 5) is 78.2. The van der Waals surface area contributed by atoms with E-state index in [0.29, 0.717) is 29.5 Å². The average Bonchev–Trinajstić information content (AvgIpc) is 3.21. The summed E-state index contributed by atoms with van der Waals surface area (Å²) < 4.78 is 15.4. The lowest BCUT2D eigenvalue weighted by atomic mass is 9.90. The number of nitrogens with zero attached hydrogens (tertiary/aromatic N) is 1. The molecule has 232 valence electrons. The lowest BCUT2D eigenvalue weighted by molar-refractivity contribution is -0.166. The van der Waals surface area contributed by atoms with E-state index in [1.54, 1.807) is 57.2 Å². The number of unbranched alkanes of at least 4 members (excludes halogenated alkanes) is 1. The number of imide groups is 1. The maximum atomic E-state index is 13.3. The molecule has 0 aromatic heterocycles. The van der Waals surface area contributed by atoms with Crippen molar-refractivity contribution in [3.63, 3.8) is 0 Å². The summed E-state index contributed by atoms with van der Waals surface area (Å²) in [5.41, 5.74) is -1.86. The van der Waals surface area contributed by atoms with E-state index in [2.05, 4.69) is 17.2 Å². The number of esters is 2. The van der Waals surface area contributed by atoms with E-state index in [1.807, 2.05) is 0 Å². The molecule has 11 nitrogen and oxygen atoms in total. The molecule has 0 unspecified atom stereocenters. The molecule has 0 saturated heterocycles. The van der Waals surface area contributed by atoms with E-state index < -0.39 is 41.4 Å². The summed E-state index contributed by atoms with van der Waals surface area (Å²) in [6, 6.07) is 12.9. The number of rotatable bonds is 11. The van der Waals surface area contributed by atoms with Gasteiger partial charge in [0.2, 0.25) is 5.54 Å². The van der Waals surface area contributed by atoms with E-state index in [-0.39, 0.29) is 37.1 Å². The van der Waals surface area contributed by atoms with Crippen molar-refractivity contribution < 1.29 is 43.0 Å². The molecule has 11 heteroatoms. The molecule has 0 bridgehead atoms. The second-order valence-electron chi connectivity index (χ2n) is 10.9. The third-order valence-corrected chi connectivity index (χ3v) is 6.39. The zero-order chi connectivity index (χ0) is 32.5. The van der Waals surface area contributed by atoms with Gasteiger partial charge in [-0.25, -0.2) is 14.4 Å². The molecule has 1 aliphatic heterocycles. The van der Waals surface area contributed by atoms with Crippen molar-refractivity contribution >= 4 is 35.6 Å². The smallest absolute Gasteiger partial charge is 0.409 e. The number of carbonyl (C=O) groups excluding carboxylic acids is 6. The second kappa shape index (κ2) is 14.5. The van der Waals surface area contributed by atoms with Crippen LogP contribution in [0.2, 0.25) is 0 Å². The standard InChI is InChI=1S/C33H36N2O9/c1-6-42-29(39)33(30(40)43-7-2,34-31(41)44-32(3,4)5)21-26(36)23-18-16-22(17-19-23)13-9-8-12-20-35-27(37)24-14-10-11-15-25(24)28(35)38/h10-11,14-19H,6-8,12,20-21H2,1-5H3,(H,34,41). The third kappa shape index (κ3) is 8.10. The fourth-order valence-corrected chi connectivity index (χ4v) is 4.38. The third-order valence-electron chi connectivity index (χ3n) is 6.39. The average molecular weight is 605 g/mol. The molecule has 0 radical (unpaired) electrons. The number of ketones is 1. The van der Waals surface area contributed by atoms with Crippen molar-refractivity contribution in [2.24, 2.45) is 0 Å². The molecule has 1 heterocycles. The highest BCUT2D eigenvalue weighted by Gasteiger charge is 2.53. The summed E-state index contributed by atoms with van der Waals surface area (Å²) in [6.45, 7) is 7.87. The van der Waals surface area contributed by atoms with Crippen LogP contribution in [0.15, 0.2) is 48.5 Å². The molecule has 44 heavy (non-hydrogen) atoms. The first kappa shape index (κ1) is 33.5. The first-order valence-corrected chi connectivity index (χ1v) is 14.3. The molecule has 0 atom stereocenters. The number of benzene rings is 2. The van der Waals surface area contributed by atoms with Crippen molar-refractivity contribution in [1.82, 2.24) is 10.2 Å². The van der Waals surface area contributed by atoms with Crippen LogP contribution >= 0.6 is 0 Å². The van der Waals surface area contributed by atoms with Gasteiger partial charge in [0.15, 0.2) is 5.78 Å². The van der Waals surface area contributed by atoms with Gasteiger partial charge in [0, 0.05) is 24.1 Å². The van der Waals surface area contributed by atoms with E-state index in [9.17, 15) is 28.8 Å². The fourth-order valence-electron chi connectivity index (χ4n) is 4.38. The largest absolute Gasteiger partial charge is 0.464 e. The lowest BCUT2D eigenvalue weighted by Crippen LogP contribution is -2.63. The minimum atomic E-state index is -2.47. The number of nitrogens with one attached hydrogen (secondary N) is 1. The van der Waals surface area contributed by atoms with Crippen molar-refractivity contribution in [2.45, 2.75) is 65.0 Å². The minimum Gasteiger partial charge on any atom is -0.464 e. The summed E-state index contributed by atoms with van der Waals surface area (Å²) >= 11 is 0. The van der Waals surface area contributed by atoms with Crippen LogP contribution in [-0.2, 0) is 23.8 Å². The number of Topliss-reactive ketones (excluding diaryl/α,β-unsaturated/α-hetero) is 1. The van der Waals surface area contributed by atoms with Crippen LogP contribution in [0.25, 0.3) is 0 Å². The molecular weight excluding hydrogens is 568 g/mol. The van der Waals surface area contributed by atoms with Crippen molar-refractivity contribution in [3.05, 3.63) is 70.8 Å². The lowest BCUT2D eigenvalue weighted by Gasteiger charge is -2.30. The first-order chi connectivity index (χ1) is 20.8. The Morgan fingerprint density at radius 3 is 1.89 bits per heavy atom. The van der Waals surface area contributed by atoms with Gasteiger partial charge in [0.25, 0.3) is 11.8 Å². The zero-order valence-corrected chi connectivity index (χ0v) is 25.5. The Balaban J connectivity index is 1.68. The van der Waals surface area contributed by atoms with Gasteiger partial charge in [-0.1, -0.05) is 36.1 Å². The maximum absolute atomic E-state index is 13.3. The van der Waals surface area contributed by atoms with Crippen LogP contribution in [-0.4, -0.2) is 71.4 Å². The highest BCUT2D eigenvalue weighted by Crippen LogP contribution is 2.23. The van der Waals surface area contributed by atoms with Gasteiger partial charge < -0.3 is 14.2 Å². The Labute approximate surface area is 256 Å². The number of fused-ring (bicyclic) bond motifs is 1. The molecule has 3 rings (SSSR count). The first-order valence-electron chi connectivity index (χ1n) is 14.3. The van der Waals surface area contributed by atoms with Crippen LogP contribution in [0.3, 0.4) is 0 Å². The van der Waals surface area contributed by atoms with E-state index in [1.165, 1.54) is 30.9 Å². The molecule has 2 aromatic carbocycles. The maximum Gasteiger partial charge on any atom is 0.409 e. The van der Waals surface area contributed by atoms with Crippen molar-refractivity contribution in [2.75, 3.05) is 19.8 Å². The molecule has 0 saturated carbocycles. The quantitative estimate of drug-likeness (QED) is 0.0763. The van der Waals surface area contributed by atoms with Crippen LogP contribution < -0.4 is 5.32 Å². The molecule has 0 spiro atoms. The number of carbonyl (C=O) groups is 6. The van der Waals surface area contributed by atoms with Gasteiger partial charge in [0.05, 0.1) is 30.8 Å². The highest BCUT2D eigenvalue weighted by molar-refractivity contribution is 6.21. The van der Waals surface area contributed by atoms with Gasteiger partial charge in [-0.3, -0.25) is 24.6 Å². The molecule has 0 aliphatic carbocycles. The molecule has 1 N–H and O–H groups in total. The number of amides is 3. The topological polar surface area (TPSA) is 145 Å². The van der Waals surface area contributed by atoms with Crippen molar-refractivity contribution in [3.8, 4) is 11.8 Å². The number of hydrogen-bond acceptors (Lipinski definition) is 9. The van der Waals surface area contributed by atoms with Crippen LogP contribution in [0.1, 0.15) is 90.5 Å². The summed E-state index contributed by atoms with van der Waals surface area (Å²) in [5, 5.41) is 2.24. The Bertz CT molecular complexity index is 1440. The summed E-state index contributed by atoms with van der Waals surface area (Å²) in [7, 11) is 0. The molecule has 1 aliphatic rings. The predicted molar refractivity (Wildman–Crippen MR) is 159 cm³/mol.